The molecule has 1 aromatic rings. The fourth-order valence-electron chi connectivity index (χ4n) is 3.80. The maximum absolute atomic E-state index is 13.1. The largest absolute Gasteiger partial charge is 0.496 e. The fraction of sp³-hybridized carbons (Fsp3) is 0.440. The van der Waals surface area contributed by atoms with Crippen LogP contribution in [-0.4, -0.2) is 68.1 Å². The monoisotopic (exact) mass is 466 g/mol. The first-order valence-corrected chi connectivity index (χ1v) is 11.6. The van der Waals surface area contributed by atoms with Crippen LogP contribution >= 0.6 is 0 Å². The summed E-state index contributed by atoms with van der Waals surface area (Å²) in [6.07, 6.45) is 12.4. The summed E-state index contributed by atoms with van der Waals surface area (Å²) >= 11 is 0. The number of nitrogens with one attached hydrogen (secondary N) is 2. The van der Waals surface area contributed by atoms with Crippen molar-refractivity contribution in [1.82, 2.24) is 20.4 Å². The van der Waals surface area contributed by atoms with Gasteiger partial charge >= 0.3 is 6.03 Å². The minimum Gasteiger partial charge on any atom is -0.496 e. The number of methoxy groups -OCH3 is 1. The fourth-order valence-corrected chi connectivity index (χ4v) is 3.80. The molecule has 3 amide bonds. The van der Waals surface area contributed by atoms with Gasteiger partial charge in [0.1, 0.15) is 11.9 Å². The third-order valence-corrected chi connectivity index (χ3v) is 5.65. The molecule has 0 fully saturated rings. The summed E-state index contributed by atoms with van der Waals surface area (Å²) in [6.45, 7) is 3.23. The third kappa shape index (κ3) is 6.46. The number of rotatable bonds is 8. The lowest BCUT2D eigenvalue weighted by Gasteiger charge is -2.31. The quantitative estimate of drug-likeness (QED) is 0.349. The Morgan fingerprint density at radius 2 is 2.12 bits per heavy atom. The number of dihydropyridines is 1. The molecule has 0 aliphatic carbocycles. The van der Waals surface area contributed by atoms with Crippen LogP contribution < -0.4 is 15.4 Å². The molecule has 182 valence electrons. The molecule has 0 saturated heterocycles. The molecule has 0 aromatic heterocycles. The predicted molar refractivity (Wildman–Crippen MR) is 134 cm³/mol. The Morgan fingerprint density at radius 1 is 1.29 bits per heavy atom. The van der Waals surface area contributed by atoms with Gasteiger partial charge in [0.25, 0.3) is 5.91 Å². The summed E-state index contributed by atoms with van der Waals surface area (Å²) in [5.74, 6) is 0.246. The van der Waals surface area contributed by atoms with Crippen molar-refractivity contribution >= 4 is 24.4 Å². The van der Waals surface area contributed by atoms with E-state index in [4.69, 9.17) is 4.74 Å². The molecule has 0 saturated carbocycles. The van der Waals surface area contributed by atoms with Gasteiger partial charge in [-0.1, -0.05) is 19.4 Å². The Hall–Kier alpha value is -3.62. The van der Waals surface area contributed by atoms with Crippen molar-refractivity contribution in [2.75, 3.05) is 27.7 Å². The molecule has 1 aromatic carbocycles. The van der Waals surface area contributed by atoms with E-state index in [9.17, 15) is 9.59 Å². The molecule has 34 heavy (non-hydrogen) atoms. The zero-order valence-corrected chi connectivity index (χ0v) is 20.4. The Bertz CT molecular complexity index is 1010. The number of allylic oxidation sites excluding steroid dienone is 3. The molecule has 1 atom stereocenters. The molecule has 0 radical (unpaired) electrons. The number of hydrogen-bond acceptors (Lipinski definition) is 6. The lowest BCUT2D eigenvalue weighted by molar-refractivity contribution is 0.0937. The smallest absolute Gasteiger partial charge is 0.319 e. The summed E-state index contributed by atoms with van der Waals surface area (Å²) in [7, 11) is 5.03. The summed E-state index contributed by atoms with van der Waals surface area (Å²) in [6, 6.07) is 3.69. The van der Waals surface area contributed by atoms with Crippen LogP contribution in [0.1, 0.15) is 47.7 Å². The number of fused-ring (bicyclic) bond motifs is 1. The van der Waals surface area contributed by atoms with Gasteiger partial charge in [-0.05, 0) is 54.7 Å². The second-order valence-electron chi connectivity index (χ2n) is 8.46. The molecule has 0 spiro atoms. The summed E-state index contributed by atoms with van der Waals surface area (Å²) in [4.78, 5) is 28.9. The number of unbranched alkanes of at least 4 members (excludes halogenated alkanes) is 2. The van der Waals surface area contributed by atoms with Gasteiger partial charge in [-0.2, -0.15) is 10.2 Å². The van der Waals surface area contributed by atoms with Crippen molar-refractivity contribution in [2.24, 2.45) is 10.2 Å². The van der Waals surface area contributed by atoms with Gasteiger partial charge in [0.15, 0.2) is 0 Å². The van der Waals surface area contributed by atoms with E-state index >= 15 is 0 Å². The highest BCUT2D eigenvalue weighted by atomic mass is 16.5. The Balaban J connectivity index is 1.67. The number of nitrogens with zero attached hydrogens (tertiary/aromatic N) is 4. The molecule has 2 heterocycles. The lowest BCUT2D eigenvalue weighted by Crippen LogP contribution is -2.45. The first-order valence-electron chi connectivity index (χ1n) is 11.6. The molecule has 2 aliphatic rings. The number of carbonyl (C=O) groups excluding carboxylic acids is 2. The number of carbonyl (C=O) groups is 2. The van der Waals surface area contributed by atoms with Crippen LogP contribution in [0.5, 0.6) is 5.75 Å². The van der Waals surface area contributed by atoms with Crippen molar-refractivity contribution in [3.63, 3.8) is 0 Å². The van der Waals surface area contributed by atoms with E-state index < -0.39 is 6.17 Å². The predicted octanol–water partition coefficient (Wildman–Crippen LogP) is 3.08. The molecule has 3 rings (SSSR count). The second kappa shape index (κ2) is 12.0. The van der Waals surface area contributed by atoms with Gasteiger partial charge in [-0.15, -0.1) is 0 Å². The summed E-state index contributed by atoms with van der Waals surface area (Å²) in [5.41, 5.74) is 3.22. The van der Waals surface area contributed by atoms with E-state index in [1.807, 2.05) is 30.4 Å². The van der Waals surface area contributed by atoms with E-state index in [2.05, 4.69) is 27.8 Å². The SMILES string of the molecule is CCCCC=NN=CC1=CC=CC(NC(=O)c2cc3c(cc2OC)CCN(C(=O)N(C)C)C3)N1. The summed E-state index contributed by atoms with van der Waals surface area (Å²) in [5, 5.41) is 14.3. The molecule has 9 heteroatoms. The van der Waals surface area contributed by atoms with Crippen molar-refractivity contribution in [3.05, 3.63) is 52.7 Å². The van der Waals surface area contributed by atoms with Crippen molar-refractivity contribution in [2.45, 2.75) is 45.3 Å². The lowest BCUT2D eigenvalue weighted by atomic mass is 9.96. The van der Waals surface area contributed by atoms with Crippen molar-refractivity contribution < 1.29 is 14.3 Å². The number of ether oxygens (including phenoxy) is 1. The van der Waals surface area contributed by atoms with Crippen LogP contribution in [0.2, 0.25) is 0 Å². The van der Waals surface area contributed by atoms with E-state index in [1.165, 1.54) is 0 Å². The van der Waals surface area contributed by atoms with Gasteiger partial charge in [0.2, 0.25) is 0 Å². The van der Waals surface area contributed by atoms with E-state index in [1.54, 1.807) is 43.4 Å². The number of hydrogen-bond donors (Lipinski definition) is 2. The average molecular weight is 467 g/mol. The highest BCUT2D eigenvalue weighted by Gasteiger charge is 2.25. The molecule has 0 bridgehead atoms. The minimum atomic E-state index is -0.407. The average Bonchev–Trinajstić information content (AvgIpc) is 2.84. The Kier molecular flexibility index (Phi) is 8.84. The normalized spacial score (nSPS) is 17.4. The molecule has 2 N–H and O–H groups in total. The van der Waals surface area contributed by atoms with Crippen molar-refractivity contribution in [3.8, 4) is 5.75 Å². The van der Waals surface area contributed by atoms with Gasteiger partial charge in [0, 0.05) is 33.4 Å². The standard InChI is InChI=1S/C25H34N6O3/c1-5-6-7-12-26-27-16-20-9-8-10-23(28-20)29-24(32)21-14-19-17-31(25(33)30(2)3)13-11-18(19)15-22(21)34-4/h8-10,12,14-16,23,28H,5-7,11,13,17H2,1-4H3,(H,29,32). The van der Waals surface area contributed by atoms with E-state index in [-0.39, 0.29) is 11.9 Å². The third-order valence-electron chi connectivity index (χ3n) is 5.65. The van der Waals surface area contributed by atoms with Gasteiger partial charge in [-0.25, -0.2) is 4.79 Å². The first kappa shape index (κ1) is 25.0. The Morgan fingerprint density at radius 3 is 2.85 bits per heavy atom. The van der Waals surface area contributed by atoms with Gasteiger partial charge in [0.05, 0.1) is 24.6 Å². The van der Waals surface area contributed by atoms with Crippen LogP contribution in [-0.2, 0) is 13.0 Å². The molecule has 1 unspecified atom stereocenters. The maximum atomic E-state index is 13.1. The number of amides is 3. The molecular weight excluding hydrogens is 432 g/mol. The van der Waals surface area contributed by atoms with Crippen LogP contribution in [0.4, 0.5) is 4.79 Å². The summed E-state index contributed by atoms with van der Waals surface area (Å²) < 4.78 is 5.51. The Labute approximate surface area is 201 Å². The van der Waals surface area contributed by atoms with Crippen molar-refractivity contribution in [1.29, 1.82) is 0 Å². The van der Waals surface area contributed by atoms with Gasteiger partial charge in [-0.3, -0.25) is 4.79 Å². The topological polar surface area (TPSA) is 98.6 Å². The second-order valence-corrected chi connectivity index (χ2v) is 8.46. The molecular formula is C25H34N6O3. The highest BCUT2D eigenvalue weighted by Crippen LogP contribution is 2.28. The van der Waals surface area contributed by atoms with Crippen LogP contribution in [0.3, 0.4) is 0 Å². The first-order chi connectivity index (χ1) is 16.4. The maximum Gasteiger partial charge on any atom is 0.319 e. The van der Waals surface area contributed by atoms with E-state index in [0.717, 1.165) is 36.1 Å². The number of benzene rings is 1. The zero-order valence-electron chi connectivity index (χ0n) is 20.4. The van der Waals surface area contributed by atoms with Gasteiger partial charge < -0.3 is 25.2 Å². The number of urea groups is 1. The zero-order chi connectivity index (χ0) is 24.5. The van der Waals surface area contributed by atoms with E-state index in [0.29, 0.717) is 30.8 Å². The van der Waals surface area contributed by atoms with Crippen LogP contribution in [0, 0.1) is 0 Å². The molecule has 2 aliphatic heterocycles. The molecule has 9 nitrogen and oxygen atoms in total. The minimum absolute atomic E-state index is 0.0420. The van der Waals surface area contributed by atoms with Crippen LogP contribution in [0.15, 0.2) is 46.3 Å². The highest BCUT2D eigenvalue weighted by molar-refractivity contribution is 5.97. The van der Waals surface area contributed by atoms with Crippen LogP contribution in [0.25, 0.3) is 0 Å².